The summed E-state index contributed by atoms with van der Waals surface area (Å²) in [7, 11) is 0. The summed E-state index contributed by atoms with van der Waals surface area (Å²) in [6.45, 7) is 9.54. The van der Waals surface area contributed by atoms with Gasteiger partial charge >= 0.3 is 0 Å². The lowest BCUT2D eigenvalue weighted by molar-refractivity contribution is 0.0943. The predicted octanol–water partition coefficient (Wildman–Crippen LogP) is 7.63. The van der Waals surface area contributed by atoms with Gasteiger partial charge in [0.2, 0.25) is 0 Å². The van der Waals surface area contributed by atoms with E-state index in [2.05, 4.69) is 64.7 Å². The minimum atomic E-state index is -1.08. The molecule has 2 aromatic rings. The molecule has 33 heavy (non-hydrogen) atoms. The third kappa shape index (κ3) is 7.31. The fraction of sp³-hybridized carbons (Fsp3) is 0.586. The van der Waals surface area contributed by atoms with Crippen molar-refractivity contribution in [1.82, 2.24) is 9.21 Å². The quantitative estimate of drug-likeness (QED) is 0.349. The van der Waals surface area contributed by atoms with Crippen molar-refractivity contribution in [3.63, 3.8) is 0 Å². The zero-order valence-electron chi connectivity index (χ0n) is 20.7. The molecular formula is C29H41FN2S. The molecule has 0 radical (unpaired) electrons. The van der Waals surface area contributed by atoms with Gasteiger partial charge in [0.15, 0.2) is 0 Å². The molecule has 1 unspecified atom stereocenters. The Balaban J connectivity index is 1.24. The average Bonchev–Trinajstić information content (AvgIpc) is 3.26. The lowest BCUT2D eigenvalue weighted by atomic mass is 9.90. The number of hydrogen-bond acceptors (Lipinski definition) is 3. The third-order valence-corrected chi connectivity index (χ3v) is 8.50. The van der Waals surface area contributed by atoms with E-state index >= 15 is 0 Å². The Labute approximate surface area is 205 Å². The summed E-state index contributed by atoms with van der Waals surface area (Å²) in [4.78, 5) is 3.64. The monoisotopic (exact) mass is 468 g/mol. The van der Waals surface area contributed by atoms with Crippen LogP contribution >= 0.6 is 11.9 Å². The molecule has 2 nitrogen and oxygen atoms in total. The highest BCUT2D eigenvalue weighted by Crippen LogP contribution is 2.33. The van der Waals surface area contributed by atoms with Crippen LogP contribution in [-0.4, -0.2) is 47.1 Å². The van der Waals surface area contributed by atoms with Gasteiger partial charge in [0.25, 0.3) is 0 Å². The number of benzene rings is 2. The average molecular weight is 469 g/mol. The number of alkyl halides is 1. The molecule has 1 atom stereocenters. The topological polar surface area (TPSA) is 6.48 Å². The fourth-order valence-corrected chi connectivity index (χ4v) is 6.53. The summed E-state index contributed by atoms with van der Waals surface area (Å²) < 4.78 is 16.4. The summed E-state index contributed by atoms with van der Waals surface area (Å²) >= 11 is 1.92. The van der Waals surface area contributed by atoms with Gasteiger partial charge in [-0.1, -0.05) is 43.3 Å². The Kier molecular flexibility index (Phi) is 8.53. The number of hydrogen-bond donors (Lipinski definition) is 0. The van der Waals surface area contributed by atoms with Crippen LogP contribution in [0.3, 0.4) is 0 Å². The molecule has 2 aliphatic heterocycles. The summed E-state index contributed by atoms with van der Waals surface area (Å²) in [5.41, 5.74) is 2.94. The Morgan fingerprint density at radius 1 is 0.909 bits per heavy atom. The highest BCUT2D eigenvalue weighted by molar-refractivity contribution is 7.97. The highest BCUT2D eigenvalue weighted by atomic mass is 32.2. The van der Waals surface area contributed by atoms with Crippen molar-refractivity contribution in [2.75, 3.05) is 26.2 Å². The van der Waals surface area contributed by atoms with Gasteiger partial charge in [-0.3, -0.25) is 0 Å². The fourth-order valence-electron chi connectivity index (χ4n) is 5.38. The molecule has 0 spiro atoms. The molecule has 0 bridgehead atoms. The molecule has 0 aromatic heterocycles. The van der Waals surface area contributed by atoms with E-state index in [9.17, 15) is 4.39 Å². The predicted molar refractivity (Wildman–Crippen MR) is 140 cm³/mol. The van der Waals surface area contributed by atoms with Crippen LogP contribution in [0.25, 0.3) is 11.1 Å². The molecule has 2 aromatic carbocycles. The van der Waals surface area contributed by atoms with Gasteiger partial charge in [-0.05, 0) is 119 Å². The lowest BCUT2D eigenvalue weighted by Gasteiger charge is -2.34. The Bertz CT molecular complexity index is 851. The third-order valence-electron chi connectivity index (χ3n) is 7.31. The zero-order valence-corrected chi connectivity index (χ0v) is 21.5. The first kappa shape index (κ1) is 24.8. The van der Waals surface area contributed by atoms with Gasteiger partial charge in [-0.15, -0.1) is 0 Å². The lowest BCUT2D eigenvalue weighted by Crippen LogP contribution is -2.41. The molecule has 2 heterocycles. The maximum absolute atomic E-state index is 13.9. The second-order valence-corrected chi connectivity index (χ2v) is 11.8. The van der Waals surface area contributed by atoms with Crippen molar-refractivity contribution in [3.05, 3.63) is 54.1 Å². The molecular weight excluding hydrogens is 427 g/mol. The van der Waals surface area contributed by atoms with Crippen LogP contribution in [0.5, 0.6) is 0 Å². The van der Waals surface area contributed by atoms with Gasteiger partial charge in [0, 0.05) is 24.0 Å². The van der Waals surface area contributed by atoms with Crippen LogP contribution in [0, 0.1) is 5.92 Å². The standard InChI is InChI=1S/C29H41FN2S/c1-4-27-6-5-19-32(27)33-28-15-13-26(14-16-28)25-11-9-23(10-12-25)7-8-24-17-20-31(21-18-24)22-29(2,3)30/h9-16,24,27H,4-8,17-22H2,1-3H3. The van der Waals surface area contributed by atoms with Crippen LogP contribution in [0.4, 0.5) is 4.39 Å². The molecule has 0 N–H and O–H groups in total. The van der Waals surface area contributed by atoms with Crippen molar-refractivity contribution < 1.29 is 4.39 Å². The van der Waals surface area contributed by atoms with Crippen LogP contribution < -0.4 is 0 Å². The van der Waals surface area contributed by atoms with Crippen LogP contribution in [0.1, 0.15) is 64.9 Å². The van der Waals surface area contributed by atoms with E-state index in [1.165, 1.54) is 66.7 Å². The normalized spacial score (nSPS) is 21.0. The Morgan fingerprint density at radius 2 is 1.55 bits per heavy atom. The first-order valence-electron chi connectivity index (χ1n) is 12.9. The van der Waals surface area contributed by atoms with E-state index in [4.69, 9.17) is 0 Å². The first-order chi connectivity index (χ1) is 15.9. The number of piperidine rings is 1. The van der Waals surface area contributed by atoms with Crippen molar-refractivity contribution in [1.29, 1.82) is 0 Å². The maximum Gasteiger partial charge on any atom is 0.118 e. The Hall–Kier alpha value is -1.36. The minimum Gasteiger partial charge on any atom is -0.300 e. The summed E-state index contributed by atoms with van der Waals surface area (Å²) in [6.07, 6.45) is 8.70. The molecule has 2 fully saturated rings. The minimum absolute atomic E-state index is 0.568. The van der Waals surface area contributed by atoms with Crippen LogP contribution in [0.2, 0.25) is 0 Å². The number of aryl methyl sites for hydroxylation is 1. The van der Waals surface area contributed by atoms with Crippen molar-refractivity contribution in [3.8, 4) is 11.1 Å². The molecule has 0 saturated carbocycles. The van der Waals surface area contributed by atoms with Crippen molar-refractivity contribution >= 4 is 11.9 Å². The molecule has 2 aliphatic rings. The second-order valence-electron chi connectivity index (χ2n) is 10.6. The molecule has 4 heteroatoms. The number of likely N-dealkylation sites (tertiary alicyclic amines) is 1. The largest absolute Gasteiger partial charge is 0.300 e. The van der Waals surface area contributed by atoms with E-state index in [0.717, 1.165) is 31.5 Å². The van der Waals surface area contributed by atoms with Crippen LogP contribution in [-0.2, 0) is 6.42 Å². The smallest absolute Gasteiger partial charge is 0.118 e. The van der Waals surface area contributed by atoms with Gasteiger partial charge in [0.1, 0.15) is 5.67 Å². The Morgan fingerprint density at radius 3 is 2.15 bits per heavy atom. The van der Waals surface area contributed by atoms with E-state index in [1.54, 1.807) is 13.8 Å². The molecule has 0 aliphatic carbocycles. The number of rotatable bonds is 9. The van der Waals surface area contributed by atoms with Crippen molar-refractivity contribution in [2.24, 2.45) is 5.92 Å². The SMILES string of the molecule is CCC1CCCN1Sc1ccc(-c2ccc(CCC3CCN(CC(C)(C)F)CC3)cc2)cc1. The second kappa shape index (κ2) is 11.4. The van der Waals surface area contributed by atoms with E-state index in [-0.39, 0.29) is 0 Å². The van der Waals surface area contributed by atoms with Crippen LogP contribution in [0.15, 0.2) is 53.4 Å². The summed E-state index contributed by atoms with van der Waals surface area (Å²) in [5, 5.41) is 0. The van der Waals surface area contributed by atoms with Gasteiger partial charge in [-0.25, -0.2) is 8.70 Å². The number of nitrogens with zero attached hydrogens (tertiary/aromatic N) is 2. The van der Waals surface area contributed by atoms with Gasteiger partial charge in [0.05, 0.1) is 0 Å². The van der Waals surface area contributed by atoms with Gasteiger partial charge in [-0.2, -0.15) is 0 Å². The molecule has 180 valence electrons. The van der Waals surface area contributed by atoms with E-state index < -0.39 is 5.67 Å². The number of halogens is 1. The maximum atomic E-state index is 13.9. The van der Waals surface area contributed by atoms with Crippen molar-refractivity contribution in [2.45, 2.75) is 82.3 Å². The summed E-state index contributed by atoms with van der Waals surface area (Å²) in [5.74, 6) is 0.775. The van der Waals surface area contributed by atoms with E-state index in [1.807, 2.05) is 11.9 Å². The molecule has 0 amide bonds. The molecule has 4 rings (SSSR count). The first-order valence-corrected chi connectivity index (χ1v) is 13.7. The zero-order chi connectivity index (χ0) is 23.3. The summed E-state index contributed by atoms with van der Waals surface area (Å²) in [6, 6.07) is 19.0. The van der Waals surface area contributed by atoms with Gasteiger partial charge < -0.3 is 4.90 Å². The highest BCUT2D eigenvalue weighted by Gasteiger charge is 2.25. The molecule has 2 saturated heterocycles. The van der Waals surface area contributed by atoms with E-state index in [0.29, 0.717) is 6.54 Å².